The normalized spacial score (nSPS) is 11.9. The number of carbonyl (C=O) groups is 1. The lowest BCUT2D eigenvalue weighted by atomic mass is 10.0. The summed E-state index contributed by atoms with van der Waals surface area (Å²) in [6, 6.07) is 18.0. The van der Waals surface area contributed by atoms with E-state index in [0.717, 1.165) is 16.9 Å². The van der Waals surface area contributed by atoms with Crippen molar-refractivity contribution in [2.45, 2.75) is 26.4 Å². The summed E-state index contributed by atoms with van der Waals surface area (Å²) in [7, 11) is 0. The van der Waals surface area contributed by atoms with Gasteiger partial charge in [0.1, 0.15) is 17.6 Å². The minimum Gasteiger partial charge on any atom is -0.490 e. The van der Waals surface area contributed by atoms with Crippen LogP contribution < -0.4 is 4.74 Å². The second-order valence-corrected chi connectivity index (χ2v) is 4.70. The Labute approximate surface area is 114 Å². The van der Waals surface area contributed by atoms with E-state index >= 15 is 0 Å². The molecule has 19 heavy (non-hydrogen) atoms. The standard InChI is InChI=1S/C17H18O2/c1-13(18)12-14(2)19-17-11-7-6-10-16(17)15-8-4-3-5-9-15/h3-11,14H,12H2,1-2H3. The first-order valence-electron chi connectivity index (χ1n) is 6.47. The first-order valence-corrected chi connectivity index (χ1v) is 6.47. The molecule has 0 aliphatic rings. The highest BCUT2D eigenvalue weighted by atomic mass is 16.5. The highest BCUT2D eigenvalue weighted by Gasteiger charge is 2.10. The van der Waals surface area contributed by atoms with E-state index in [1.807, 2.05) is 49.4 Å². The van der Waals surface area contributed by atoms with Crippen LogP contribution in [-0.2, 0) is 4.79 Å². The monoisotopic (exact) mass is 254 g/mol. The second kappa shape index (κ2) is 6.19. The van der Waals surface area contributed by atoms with Crippen LogP contribution in [0.15, 0.2) is 54.6 Å². The van der Waals surface area contributed by atoms with Gasteiger partial charge in [0, 0.05) is 12.0 Å². The number of ether oxygens (including phenoxy) is 1. The van der Waals surface area contributed by atoms with Gasteiger partial charge >= 0.3 is 0 Å². The molecule has 2 aromatic rings. The zero-order valence-corrected chi connectivity index (χ0v) is 11.3. The maximum absolute atomic E-state index is 11.1. The molecular formula is C17H18O2. The molecule has 98 valence electrons. The van der Waals surface area contributed by atoms with Gasteiger partial charge in [-0.25, -0.2) is 0 Å². The number of para-hydroxylation sites is 1. The molecule has 1 atom stereocenters. The van der Waals surface area contributed by atoms with Crippen LogP contribution in [0.25, 0.3) is 11.1 Å². The first-order chi connectivity index (χ1) is 9.16. The second-order valence-electron chi connectivity index (χ2n) is 4.70. The third-order valence-corrected chi connectivity index (χ3v) is 2.87. The summed E-state index contributed by atoms with van der Waals surface area (Å²) >= 11 is 0. The molecule has 0 spiro atoms. The molecule has 0 N–H and O–H groups in total. The summed E-state index contributed by atoms with van der Waals surface area (Å²) in [5.41, 5.74) is 2.17. The number of benzene rings is 2. The Bertz CT molecular complexity index is 546. The SMILES string of the molecule is CC(=O)CC(C)Oc1ccccc1-c1ccccc1. The summed E-state index contributed by atoms with van der Waals surface area (Å²) < 4.78 is 5.89. The Hall–Kier alpha value is -2.09. The molecule has 2 rings (SSSR count). The number of hydrogen-bond donors (Lipinski definition) is 0. The minimum absolute atomic E-state index is 0.109. The molecule has 2 aromatic carbocycles. The van der Waals surface area contributed by atoms with Crippen LogP contribution in [0, 0.1) is 0 Å². The van der Waals surface area contributed by atoms with Crippen molar-refractivity contribution in [3.05, 3.63) is 54.6 Å². The van der Waals surface area contributed by atoms with E-state index in [0.29, 0.717) is 6.42 Å². The number of Topliss-reactive ketones (excluding diaryl/α,β-unsaturated/α-hetero) is 1. The molecule has 0 amide bonds. The number of carbonyl (C=O) groups excluding carboxylic acids is 1. The molecule has 0 heterocycles. The Kier molecular flexibility index (Phi) is 4.35. The lowest BCUT2D eigenvalue weighted by molar-refractivity contribution is -0.118. The summed E-state index contributed by atoms with van der Waals surface area (Å²) in [6.45, 7) is 3.51. The lowest BCUT2D eigenvalue weighted by Crippen LogP contribution is -2.15. The van der Waals surface area contributed by atoms with Crippen LogP contribution in [0.1, 0.15) is 20.3 Å². The summed E-state index contributed by atoms with van der Waals surface area (Å²) in [5, 5.41) is 0. The minimum atomic E-state index is -0.109. The largest absolute Gasteiger partial charge is 0.490 e. The fraction of sp³-hybridized carbons (Fsp3) is 0.235. The van der Waals surface area contributed by atoms with Crippen molar-refractivity contribution in [3.63, 3.8) is 0 Å². The van der Waals surface area contributed by atoms with Crippen molar-refractivity contribution in [1.82, 2.24) is 0 Å². The third kappa shape index (κ3) is 3.68. The summed E-state index contributed by atoms with van der Waals surface area (Å²) in [4.78, 5) is 11.1. The zero-order valence-electron chi connectivity index (χ0n) is 11.3. The highest BCUT2D eigenvalue weighted by Crippen LogP contribution is 2.30. The quantitative estimate of drug-likeness (QED) is 0.803. The van der Waals surface area contributed by atoms with Crippen molar-refractivity contribution >= 4 is 5.78 Å². The first kappa shape index (κ1) is 13.3. The van der Waals surface area contributed by atoms with E-state index in [1.54, 1.807) is 6.92 Å². The molecule has 0 saturated heterocycles. The van der Waals surface area contributed by atoms with Gasteiger partial charge in [0.15, 0.2) is 0 Å². The lowest BCUT2D eigenvalue weighted by Gasteiger charge is -2.16. The van der Waals surface area contributed by atoms with Gasteiger partial charge in [0.05, 0.1) is 0 Å². The number of hydrogen-bond acceptors (Lipinski definition) is 2. The molecule has 0 aromatic heterocycles. The Morgan fingerprint density at radius 3 is 2.37 bits per heavy atom. The average molecular weight is 254 g/mol. The Morgan fingerprint density at radius 1 is 1.05 bits per heavy atom. The topological polar surface area (TPSA) is 26.3 Å². The molecule has 0 fully saturated rings. The van der Waals surface area contributed by atoms with Crippen LogP contribution in [-0.4, -0.2) is 11.9 Å². The predicted octanol–water partition coefficient (Wildman–Crippen LogP) is 4.10. The van der Waals surface area contributed by atoms with E-state index in [9.17, 15) is 4.79 Å². The number of rotatable bonds is 5. The van der Waals surface area contributed by atoms with Gasteiger partial charge in [-0.2, -0.15) is 0 Å². The average Bonchev–Trinajstić information content (AvgIpc) is 2.39. The Morgan fingerprint density at radius 2 is 1.68 bits per heavy atom. The van der Waals surface area contributed by atoms with Crippen molar-refractivity contribution in [2.24, 2.45) is 0 Å². The van der Waals surface area contributed by atoms with Gasteiger partial charge in [0.25, 0.3) is 0 Å². The Balaban J connectivity index is 2.24. The van der Waals surface area contributed by atoms with Crippen LogP contribution in [0.3, 0.4) is 0 Å². The van der Waals surface area contributed by atoms with Crippen LogP contribution in [0.2, 0.25) is 0 Å². The van der Waals surface area contributed by atoms with Gasteiger partial charge < -0.3 is 4.74 Å². The van der Waals surface area contributed by atoms with Gasteiger partial charge in [0.2, 0.25) is 0 Å². The maximum Gasteiger partial charge on any atom is 0.133 e. The van der Waals surface area contributed by atoms with Gasteiger partial charge in [-0.05, 0) is 25.5 Å². The molecule has 0 aliphatic heterocycles. The fourth-order valence-electron chi connectivity index (χ4n) is 2.09. The van der Waals surface area contributed by atoms with Crippen LogP contribution in [0.5, 0.6) is 5.75 Å². The smallest absolute Gasteiger partial charge is 0.133 e. The molecular weight excluding hydrogens is 236 g/mol. The van der Waals surface area contributed by atoms with E-state index < -0.39 is 0 Å². The van der Waals surface area contributed by atoms with Crippen molar-refractivity contribution in [3.8, 4) is 16.9 Å². The highest BCUT2D eigenvalue weighted by molar-refractivity contribution is 5.76. The fourth-order valence-corrected chi connectivity index (χ4v) is 2.09. The van der Waals surface area contributed by atoms with E-state index in [-0.39, 0.29) is 11.9 Å². The maximum atomic E-state index is 11.1. The van der Waals surface area contributed by atoms with Gasteiger partial charge in [-0.1, -0.05) is 48.5 Å². The third-order valence-electron chi connectivity index (χ3n) is 2.87. The number of ketones is 1. The summed E-state index contributed by atoms with van der Waals surface area (Å²) in [5.74, 6) is 0.965. The predicted molar refractivity (Wildman–Crippen MR) is 77.3 cm³/mol. The van der Waals surface area contributed by atoms with Crippen molar-refractivity contribution in [1.29, 1.82) is 0 Å². The molecule has 0 radical (unpaired) electrons. The molecule has 2 heteroatoms. The van der Waals surface area contributed by atoms with E-state index in [4.69, 9.17) is 4.74 Å². The summed E-state index contributed by atoms with van der Waals surface area (Å²) in [6.07, 6.45) is 0.325. The molecule has 0 bridgehead atoms. The van der Waals surface area contributed by atoms with Gasteiger partial charge in [-0.15, -0.1) is 0 Å². The molecule has 1 unspecified atom stereocenters. The van der Waals surface area contributed by atoms with Crippen molar-refractivity contribution < 1.29 is 9.53 Å². The molecule has 0 aliphatic carbocycles. The van der Waals surface area contributed by atoms with E-state index in [1.165, 1.54) is 0 Å². The molecule has 2 nitrogen and oxygen atoms in total. The van der Waals surface area contributed by atoms with Crippen LogP contribution >= 0.6 is 0 Å². The van der Waals surface area contributed by atoms with Crippen molar-refractivity contribution in [2.75, 3.05) is 0 Å². The van der Waals surface area contributed by atoms with Crippen LogP contribution in [0.4, 0.5) is 0 Å². The van der Waals surface area contributed by atoms with Gasteiger partial charge in [-0.3, -0.25) is 4.79 Å². The molecule has 0 saturated carbocycles. The van der Waals surface area contributed by atoms with E-state index in [2.05, 4.69) is 12.1 Å². The zero-order chi connectivity index (χ0) is 13.7.